The lowest BCUT2D eigenvalue weighted by Gasteiger charge is -2.22. The van der Waals surface area contributed by atoms with Crippen LogP contribution in [-0.2, 0) is 0 Å². The summed E-state index contributed by atoms with van der Waals surface area (Å²) in [5, 5.41) is 44.7. The number of phenols is 2. The van der Waals surface area contributed by atoms with Gasteiger partial charge in [-0.3, -0.25) is 19.7 Å². The minimum absolute atomic E-state index is 0.136. The number of ketones is 2. The molecule has 1 unspecified atom stereocenters. The quantitative estimate of drug-likeness (QED) is 0.222. The zero-order valence-corrected chi connectivity index (χ0v) is 16.1. The molecule has 1 aliphatic carbocycles. The number of carbonyl (C=O) groups is 2. The Labute approximate surface area is 175 Å². The normalized spacial score (nSPS) is 13.4. The fraction of sp³-hybridized carbons (Fsp3) is 0.0909. The smallest absolute Gasteiger partial charge is 0.281 e. The molecule has 9 heteroatoms. The minimum atomic E-state index is -0.898. The largest absolute Gasteiger partial charge is 0.507 e. The van der Waals surface area contributed by atoms with E-state index in [2.05, 4.69) is 5.32 Å². The molecule has 3 aromatic rings. The summed E-state index contributed by atoms with van der Waals surface area (Å²) in [6.07, 6.45) is -0.740. The van der Waals surface area contributed by atoms with Crippen LogP contribution in [0.4, 0.5) is 17.1 Å². The van der Waals surface area contributed by atoms with Crippen molar-refractivity contribution in [2.45, 2.75) is 13.0 Å². The lowest BCUT2D eigenvalue weighted by Crippen LogP contribution is -2.23. The van der Waals surface area contributed by atoms with Crippen LogP contribution in [0.1, 0.15) is 50.4 Å². The first-order chi connectivity index (χ1) is 14.7. The Kier molecular flexibility index (Phi) is 4.67. The van der Waals surface area contributed by atoms with Crippen LogP contribution in [0.15, 0.2) is 48.5 Å². The van der Waals surface area contributed by atoms with E-state index in [4.69, 9.17) is 0 Å². The molecule has 1 aliphatic rings. The summed E-state index contributed by atoms with van der Waals surface area (Å²) < 4.78 is 0. The highest BCUT2D eigenvalue weighted by atomic mass is 16.6. The first-order valence-corrected chi connectivity index (χ1v) is 9.21. The van der Waals surface area contributed by atoms with Crippen molar-refractivity contribution in [3.05, 3.63) is 86.5 Å². The number of aromatic hydroxyl groups is 2. The summed E-state index contributed by atoms with van der Waals surface area (Å²) in [5.74, 6) is -2.86. The summed E-state index contributed by atoms with van der Waals surface area (Å²) >= 11 is 0. The highest BCUT2D eigenvalue weighted by molar-refractivity contribution is 6.33. The number of hydrogen-bond donors (Lipinski definition) is 4. The van der Waals surface area contributed by atoms with Gasteiger partial charge in [0.25, 0.3) is 5.69 Å². The molecular weight excluding hydrogens is 404 g/mol. The van der Waals surface area contributed by atoms with E-state index in [0.29, 0.717) is 11.3 Å². The number of rotatable bonds is 4. The minimum Gasteiger partial charge on any atom is -0.507 e. The van der Waals surface area contributed by atoms with Crippen molar-refractivity contribution >= 4 is 28.6 Å². The van der Waals surface area contributed by atoms with E-state index < -0.39 is 50.9 Å². The fourth-order valence-corrected chi connectivity index (χ4v) is 3.64. The number of phenolic OH excluding ortho intramolecular Hbond substituents is 2. The number of aliphatic hydroxyl groups excluding tert-OH is 1. The third-order valence-corrected chi connectivity index (χ3v) is 5.10. The summed E-state index contributed by atoms with van der Waals surface area (Å²) in [5.41, 5.74) is -1.05. The van der Waals surface area contributed by atoms with Crippen molar-refractivity contribution in [3.63, 3.8) is 0 Å². The van der Waals surface area contributed by atoms with Crippen LogP contribution in [0.5, 0.6) is 11.5 Å². The van der Waals surface area contributed by atoms with Crippen molar-refractivity contribution in [2.75, 3.05) is 5.32 Å². The number of nitrogens with one attached hydrogen (secondary N) is 1. The van der Waals surface area contributed by atoms with Gasteiger partial charge in [0.05, 0.1) is 33.4 Å². The summed E-state index contributed by atoms with van der Waals surface area (Å²) in [4.78, 5) is 37.0. The third-order valence-electron chi connectivity index (χ3n) is 5.10. The number of anilines is 2. The van der Waals surface area contributed by atoms with E-state index in [-0.39, 0.29) is 16.8 Å². The number of nitrogens with zero attached hydrogens (tertiary/aromatic N) is 1. The number of aliphatic hydroxyl groups is 1. The topological polar surface area (TPSA) is 150 Å². The van der Waals surface area contributed by atoms with Crippen LogP contribution in [0, 0.1) is 10.1 Å². The molecule has 4 N–H and O–H groups in total. The maximum absolute atomic E-state index is 13.3. The van der Waals surface area contributed by atoms with Crippen LogP contribution < -0.4 is 5.32 Å². The number of hydrogen-bond acceptors (Lipinski definition) is 8. The Hall–Kier alpha value is -4.24. The molecule has 156 valence electrons. The van der Waals surface area contributed by atoms with Crippen LogP contribution >= 0.6 is 0 Å². The van der Waals surface area contributed by atoms with Gasteiger partial charge in [-0.1, -0.05) is 12.1 Å². The lowest BCUT2D eigenvalue weighted by atomic mass is 9.81. The molecule has 9 nitrogen and oxygen atoms in total. The predicted molar refractivity (Wildman–Crippen MR) is 110 cm³/mol. The SMILES string of the molecule is CC(O)c1cccc(Nc2ccc(O)c3c2C(=O)c2c([N+](=O)[O-])ccc(O)c2C3=O)c1. The van der Waals surface area contributed by atoms with Gasteiger partial charge in [-0.2, -0.15) is 0 Å². The molecular formula is C22H16N2O7. The second kappa shape index (κ2) is 7.22. The van der Waals surface area contributed by atoms with Gasteiger partial charge in [-0.25, -0.2) is 0 Å². The molecule has 0 saturated heterocycles. The summed E-state index contributed by atoms with van der Waals surface area (Å²) in [6.45, 7) is 1.59. The van der Waals surface area contributed by atoms with Gasteiger partial charge in [0, 0.05) is 11.8 Å². The Bertz CT molecular complexity index is 1280. The van der Waals surface area contributed by atoms with E-state index in [1.807, 2.05) is 0 Å². The molecule has 4 rings (SSSR count). The molecule has 1 atom stereocenters. The second-order valence-electron chi connectivity index (χ2n) is 7.08. The Balaban J connectivity index is 1.92. The van der Waals surface area contributed by atoms with Gasteiger partial charge >= 0.3 is 0 Å². The van der Waals surface area contributed by atoms with E-state index in [9.17, 15) is 35.0 Å². The Morgan fingerprint density at radius 1 is 0.903 bits per heavy atom. The molecule has 0 radical (unpaired) electrons. The zero-order valence-electron chi connectivity index (χ0n) is 16.1. The molecule has 0 aliphatic heterocycles. The number of nitro groups is 1. The number of benzene rings is 3. The first kappa shape index (κ1) is 20.0. The molecule has 0 heterocycles. The molecule has 0 spiro atoms. The van der Waals surface area contributed by atoms with Crippen LogP contribution in [0.2, 0.25) is 0 Å². The first-order valence-electron chi connectivity index (χ1n) is 9.21. The highest BCUT2D eigenvalue weighted by Crippen LogP contribution is 2.43. The maximum atomic E-state index is 13.3. The van der Waals surface area contributed by atoms with E-state index in [0.717, 1.165) is 12.1 Å². The summed E-state index contributed by atoms with van der Waals surface area (Å²) in [7, 11) is 0. The number of carbonyl (C=O) groups excluding carboxylic acids is 2. The van der Waals surface area contributed by atoms with Crippen molar-refractivity contribution in [1.29, 1.82) is 0 Å². The molecule has 3 aromatic carbocycles. The van der Waals surface area contributed by atoms with E-state index >= 15 is 0 Å². The average Bonchev–Trinajstić information content (AvgIpc) is 2.72. The molecule has 0 saturated carbocycles. The Morgan fingerprint density at radius 3 is 2.16 bits per heavy atom. The van der Waals surface area contributed by atoms with Gasteiger partial charge in [0.2, 0.25) is 11.6 Å². The lowest BCUT2D eigenvalue weighted by molar-refractivity contribution is -0.385. The van der Waals surface area contributed by atoms with Crippen molar-refractivity contribution in [2.24, 2.45) is 0 Å². The van der Waals surface area contributed by atoms with Gasteiger partial charge in [0.15, 0.2) is 0 Å². The van der Waals surface area contributed by atoms with E-state index in [1.165, 1.54) is 12.1 Å². The van der Waals surface area contributed by atoms with Crippen LogP contribution in [-0.4, -0.2) is 31.8 Å². The van der Waals surface area contributed by atoms with Crippen molar-refractivity contribution in [3.8, 4) is 11.5 Å². The Morgan fingerprint density at radius 2 is 1.52 bits per heavy atom. The highest BCUT2D eigenvalue weighted by Gasteiger charge is 2.40. The van der Waals surface area contributed by atoms with Crippen LogP contribution in [0.3, 0.4) is 0 Å². The standard InChI is InChI=1S/C22H16N2O7/c1-10(25)11-3-2-4-12(9-11)23-13-5-7-15(26)19-17(13)21(28)18-14(24(30)31)6-8-16(27)20(18)22(19)29/h2-10,23,25-27H,1H3. The maximum Gasteiger partial charge on any atom is 0.281 e. The van der Waals surface area contributed by atoms with Crippen molar-refractivity contribution in [1.82, 2.24) is 0 Å². The molecule has 0 aromatic heterocycles. The molecule has 0 amide bonds. The molecule has 0 bridgehead atoms. The van der Waals surface area contributed by atoms with Gasteiger partial charge in [-0.05, 0) is 42.8 Å². The average molecular weight is 420 g/mol. The predicted octanol–water partition coefficient (Wildman–Crippen LogP) is 3.58. The second-order valence-corrected chi connectivity index (χ2v) is 7.08. The zero-order chi connectivity index (χ0) is 22.4. The number of nitro benzene ring substituents is 1. The molecule has 0 fully saturated rings. The summed E-state index contributed by atoms with van der Waals surface area (Å²) in [6, 6.07) is 11.2. The van der Waals surface area contributed by atoms with Gasteiger partial charge in [-0.15, -0.1) is 0 Å². The van der Waals surface area contributed by atoms with Crippen molar-refractivity contribution < 1.29 is 29.8 Å². The third kappa shape index (κ3) is 3.17. The molecule has 31 heavy (non-hydrogen) atoms. The van der Waals surface area contributed by atoms with Crippen LogP contribution in [0.25, 0.3) is 0 Å². The van der Waals surface area contributed by atoms with E-state index in [1.54, 1.807) is 31.2 Å². The number of fused-ring (bicyclic) bond motifs is 2. The van der Waals surface area contributed by atoms with Gasteiger partial charge < -0.3 is 20.6 Å². The van der Waals surface area contributed by atoms with Gasteiger partial charge in [0.1, 0.15) is 17.1 Å². The monoisotopic (exact) mass is 420 g/mol. The fourth-order valence-electron chi connectivity index (χ4n) is 3.64.